The molecule has 1 saturated heterocycles. The van der Waals surface area contributed by atoms with Gasteiger partial charge in [-0.1, -0.05) is 12.1 Å². The number of carbonyl (C=O) groups is 1. The minimum atomic E-state index is -1.39. The summed E-state index contributed by atoms with van der Waals surface area (Å²) in [6, 6.07) is 5.85. The molecule has 3 rings (SSSR count). The summed E-state index contributed by atoms with van der Waals surface area (Å²) in [5.74, 6) is 0.999. The molecule has 1 amide bonds. The second-order valence-electron chi connectivity index (χ2n) is 7.90. The molecule has 28 heavy (non-hydrogen) atoms. The quantitative estimate of drug-likeness (QED) is 0.651. The third-order valence-corrected chi connectivity index (χ3v) is 5.93. The summed E-state index contributed by atoms with van der Waals surface area (Å²) in [7, 11) is 3.17. The fraction of sp³-hybridized carbons (Fsp3) is 0.667. The molecule has 7 nitrogen and oxygen atoms in total. The zero-order valence-corrected chi connectivity index (χ0v) is 16.8. The molecule has 2 fully saturated rings. The molecule has 1 saturated carbocycles. The number of methoxy groups -OCH3 is 2. The molecule has 0 aromatic heterocycles. The van der Waals surface area contributed by atoms with Crippen LogP contribution in [0, 0.1) is 0 Å². The number of hydrogen-bond donors (Lipinski definition) is 3. The van der Waals surface area contributed by atoms with E-state index >= 15 is 0 Å². The lowest BCUT2D eigenvalue weighted by atomic mass is 9.89. The van der Waals surface area contributed by atoms with E-state index in [0.29, 0.717) is 31.0 Å². The normalized spacial score (nSPS) is 28.3. The summed E-state index contributed by atoms with van der Waals surface area (Å²) >= 11 is 0. The first kappa shape index (κ1) is 20.9. The highest BCUT2D eigenvalue weighted by Crippen LogP contribution is 2.33. The van der Waals surface area contributed by atoms with E-state index in [1.165, 1.54) is 0 Å². The Balaban J connectivity index is 1.65. The van der Waals surface area contributed by atoms with Crippen LogP contribution in [0.3, 0.4) is 0 Å². The van der Waals surface area contributed by atoms with Gasteiger partial charge < -0.3 is 29.9 Å². The number of nitrogens with one attached hydrogen (secondary N) is 1. The van der Waals surface area contributed by atoms with Crippen molar-refractivity contribution in [2.45, 2.75) is 62.8 Å². The molecular weight excluding hydrogens is 360 g/mol. The molecule has 1 aliphatic heterocycles. The average Bonchev–Trinajstić information content (AvgIpc) is 2.71. The first-order chi connectivity index (χ1) is 13.5. The monoisotopic (exact) mass is 392 g/mol. The molecular formula is C21H32N2O5. The maximum Gasteiger partial charge on any atom is 0.256 e. The van der Waals surface area contributed by atoms with Crippen molar-refractivity contribution in [2.75, 3.05) is 27.3 Å². The van der Waals surface area contributed by atoms with Crippen LogP contribution < -0.4 is 14.8 Å². The van der Waals surface area contributed by atoms with Crippen LogP contribution in [0.15, 0.2) is 18.2 Å². The van der Waals surface area contributed by atoms with Crippen LogP contribution in [0.25, 0.3) is 0 Å². The molecule has 1 aromatic rings. The van der Waals surface area contributed by atoms with E-state index in [1.807, 2.05) is 18.2 Å². The standard InChI is InChI=1S/C21H32N2O5/c1-27-18-6-3-5-15(19(18)28-2)13-23-12-4-11-21(26,20(23)25)14-22-16-7-9-17(24)10-8-16/h3,5-6,16-17,22,24,26H,4,7-14H2,1-2H3. The van der Waals surface area contributed by atoms with Gasteiger partial charge in [-0.15, -0.1) is 0 Å². The number of carbonyl (C=O) groups excluding carboxylic acids is 1. The van der Waals surface area contributed by atoms with Crippen LogP contribution in [0.4, 0.5) is 0 Å². The molecule has 1 atom stereocenters. The Labute approximate surface area is 166 Å². The number of amides is 1. The number of likely N-dealkylation sites (tertiary alicyclic amines) is 1. The van der Waals surface area contributed by atoms with Crippen molar-refractivity contribution in [1.29, 1.82) is 0 Å². The van der Waals surface area contributed by atoms with Gasteiger partial charge in [0.2, 0.25) is 0 Å². The van der Waals surface area contributed by atoms with E-state index in [9.17, 15) is 15.0 Å². The summed E-state index contributed by atoms with van der Waals surface area (Å²) in [5.41, 5.74) is -0.533. The Bertz CT molecular complexity index is 675. The first-order valence-corrected chi connectivity index (χ1v) is 10.1. The van der Waals surface area contributed by atoms with Crippen molar-refractivity contribution < 1.29 is 24.5 Å². The molecule has 156 valence electrons. The number of aliphatic hydroxyl groups excluding tert-OH is 1. The summed E-state index contributed by atoms with van der Waals surface area (Å²) in [4.78, 5) is 14.8. The van der Waals surface area contributed by atoms with E-state index in [0.717, 1.165) is 37.7 Å². The summed E-state index contributed by atoms with van der Waals surface area (Å²) < 4.78 is 10.8. The van der Waals surface area contributed by atoms with E-state index in [4.69, 9.17) is 9.47 Å². The van der Waals surface area contributed by atoms with Gasteiger partial charge in [0, 0.05) is 31.2 Å². The van der Waals surface area contributed by atoms with Gasteiger partial charge in [-0.2, -0.15) is 0 Å². The van der Waals surface area contributed by atoms with Gasteiger partial charge in [0.15, 0.2) is 17.1 Å². The fourth-order valence-corrected chi connectivity index (χ4v) is 4.26. The smallest absolute Gasteiger partial charge is 0.256 e. The Morgan fingerprint density at radius 2 is 1.96 bits per heavy atom. The second-order valence-corrected chi connectivity index (χ2v) is 7.90. The van der Waals surface area contributed by atoms with Crippen LogP contribution in [0.2, 0.25) is 0 Å². The highest BCUT2D eigenvalue weighted by Gasteiger charge is 2.42. The summed E-state index contributed by atoms with van der Waals surface area (Å²) in [6.45, 7) is 1.23. The minimum Gasteiger partial charge on any atom is -0.493 e. The van der Waals surface area contributed by atoms with Gasteiger partial charge in [0.05, 0.1) is 20.3 Å². The number of rotatable bonds is 7. The van der Waals surface area contributed by atoms with Crippen LogP contribution >= 0.6 is 0 Å². The highest BCUT2D eigenvalue weighted by molar-refractivity contribution is 5.86. The van der Waals surface area contributed by atoms with E-state index < -0.39 is 5.60 Å². The number of hydrogen-bond acceptors (Lipinski definition) is 6. The number of piperidine rings is 1. The third kappa shape index (κ3) is 4.59. The van der Waals surface area contributed by atoms with Crippen molar-refractivity contribution >= 4 is 5.91 Å². The van der Waals surface area contributed by atoms with E-state index in [-0.39, 0.29) is 24.6 Å². The number of benzene rings is 1. The molecule has 0 spiro atoms. The molecule has 7 heteroatoms. The number of ether oxygens (including phenoxy) is 2. The predicted octanol–water partition coefficient (Wildman–Crippen LogP) is 1.45. The third-order valence-electron chi connectivity index (χ3n) is 5.93. The predicted molar refractivity (Wildman–Crippen MR) is 105 cm³/mol. The zero-order chi connectivity index (χ0) is 20.1. The molecule has 0 radical (unpaired) electrons. The van der Waals surface area contributed by atoms with E-state index in [1.54, 1.807) is 19.1 Å². The highest BCUT2D eigenvalue weighted by atomic mass is 16.5. The molecule has 2 aliphatic rings. The van der Waals surface area contributed by atoms with Crippen LogP contribution in [0.5, 0.6) is 11.5 Å². The Kier molecular flexibility index (Phi) is 6.80. The van der Waals surface area contributed by atoms with Crippen molar-refractivity contribution in [1.82, 2.24) is 10.2 Å². The van der Waals surface area contributed by atoms with E-state index in [2.05, 4.69) is 5.32 Å². The topological polar surface area (TPSA) is 91.3 Å². The lowest BCUT2D eigenvalue weighted by Gasteiger charge is -2.39. The Morgan fingerprint density at radius 1 is 1.21 bits per heavy atom. The number of nitrogens with zero attached hydrogens (tertiary/aromatic N) is 1. The zero-order valence-electron chi connectivity index (χ0n) is 16.8. The Morgan fingerprint density at radius 3 is 2.64 bits per heavy atom. The lowest BCUT2D eigenvalue weighted by Crippen LogP contribution is -2.58. The number of aliphatic hydroxyl groups is 2. The maximum atomic E-state index is 13.1. The van der Waals surface area contributed by atoms with Gasteiger partial charge in [0.25, 0.3) is 5.91 Å². The van der Waals surface area contributed by atoms with Crippen molar-refractivity contribution in [3.63, 3.8) is 0 Å². The molecule has 1 aliphatic carbocycles. The van der Waals surface area contributed by atoms with Gasteiger partial charge in [0.1, 0.15) is 0 Å². The molecule has 3 N–H and O–H groups in total. The fourth-order valence-electron chi connectivity index (χ4n) is 4.26. The summed E-state index contributed by atoms with van der Waals surface area (Å²) in [5, 5.41) is 24.0. The van der Waals surface area contributed by atoms with Gasteiger partial charge in [-0.05, 0) is 44.6 Å². The maximum absolute atomic E-state index is 13.1. The summed E-state index contributed by atoms with van der Waals surface area (Å²) in [6.07, 6.45) is 4.27. The average molecular weight is 392 g/mol. The molecule has 1 aromatic carbocycles. The first-order valence-electron chi connectivity index (χ1n) is 10.1. The molecule has 0 bridgehead atoms. The SMILES string of the molecule is COc1cccc(CN2CCCC(O)(CNC3CCC(O)CC3)C2=O)c1OC. The van der Waals surface area contributed by atoms with Crippen molar-refractivity contribution in [3.05, 3.63) is 23.8 Å². The minimum absolute atomic E-state index is 0.217. The second kappa shape index (κ2) is 9.11. The molecule has 1 heterocycles. The van der Waals surface area contributed by atoms with Gasteiger partial charge in [-0.3, -0.25) is 4.79 Å². The van der Waals surface area contributed by atoms with Gasteiger partial charge >= 0.3 is 0 Å². The molecule has 1 unspecified atom stereocenters. The van der Waals surface area contributed by atoms with Gasteiger partial charge in [-0.25, -0.2) is 0 Å². The van der Waals surface area contributed by atoms with Crippen LogP contribution in [-0.4, -0.2) is 66.1 Å². The van der Waals surface area contributed by atoms with Crippen LogP contribution in [-0.2, 0) is 11.3 Å². The number of para-hydroxylation sites is 1. The van der Waals surface area contributed by atoms with Crippen LogP contribution in [0.1, 0.15) is 44.1 Å². The van der Waals surface area contributed by atoms with Crippen molar-refractivity contribution in [2.24, 2.45) is 0 Å². The largest absolute Gasteiger partial charge is 0.493 e. The Hall–Kier alpha value is -1.83. The lowest BCUT2D eigenvalue weighted by molar-refractivity contribution is -0.157. The van der Waals surface area contributed by atoms with Crippen molar-refractivity contribution in [3.8, 4) is 11.5 Å².